The second-order valence-corrected chi connectivity index (χ2v) is 7.18. The molecule has 2 heterocycles. The lowest BCUT2D eigenvalue weighted by atomic mass is 10.2. The zero-order valence-electron chi connectivity index (χ0n) is 9.86. The van der Waals surface area contributed by atoms with E-state index >= 15 is 0 Å². The number of carbonyl (C=O) groups is 1. The SMILES string of the molecule is O=C1Cc2cc(S(=O)(=O)NC3CNC3)c(Br)cc2N1. The summed E-state index contributed by atoms with van der Waals surface area (Å²) in [5.41, 5.74) is 1.38. The number of rotatable bonds is 3. The van der Waals surface area contributed by atoms with E-state index in [1.165, 1.54) is 0 Å². The van der Waals surface area contributed by atoms with Gasteiger partial charge < -0.3 is 10.6 Å². The van der Waals surface area contributed by atoms with Gasteiger partial charge in [0.15, 0.2) is 0 Å². The number of hydrogen-bond acceptors (Lipinski definition) is 4. The van der Waals surface area contributed by atoms with Crippen molar-refractivity contribution in [2.75, 3.05) is 18.4 Å². The molecule has 3 rings (SSSR count). The summed E-state index contributed by atoms with van der Waals surface area (Å²) in [6.45, 7) is 1.28. The number of anilines is 1. The normalized spacial score (nSPS) is 18.9. The van der Waals surface area contributed by atoms with Gasteiger partial charge in [-0.05, 0) is 33.6 Å². The molecule has 8 heteroatoms. The molecular weight excluding hydrogens is 334 g/mol. The highest BCUT2D eigenvalue weighted by molar-refractivity contribution is 9.10. The average Bonchev–Trinajstić information content (AvgIpc) is 2.62. The highest BCUT2D eigenvalue weighted by Crippen LogP contribution is 2.32. The fourth-order valence-electron chi connectivity index (χ4n) is 2.09. The molecule has 0 unspecified atom stereocenters. The van der Waals surface area contributed by atoms with Gasteiger partial charge in [0.25, 0.3) is 0 Å². The van der Waals surface area contributed by atoms with Crippen LogP contribution in [0.2, 0.25) is 0 Å². The maximum Gasteiger partial charge on any atom is 0.242 e. The summed E-state index contributed by atoms with van der Waals surface area (Å²) in [6.07, 6.45) is 0.218. The number of sulfonamides is 1. The van der Waals surface area contributed by atoms with E-state index in [9.17, 15) is 13.2 Å². The van der Waals surface area contributed by atoms with Crippen LogP contribution in [0.25, 0.3) is 0 Å². The Morgan fingerprint density at radius 2 is 2.05 bits per heavy atom. The standard InChI is InChI=1S/C11H12BrN3O3S/c12-8-3-9-6(2-11(16)14-9)1-10(8)19(17,18)15-7-4-13-5-7/h1,3,7,13,15H,2,4-5H2,(H,14,16). The number of hydrogen-bond donors (Lipinski definition) is 3. The molecule has 0 aromatic heterocycles. The maximum absolute atomic E-state index is 12.3. The van der Waals surface area contributed by atoms with Crippen LogP contribution in [0.4, 0.5) is 5.69 Å². The zero-order chi connectivity index (χ0) is 13.6. The van der Waals surface area contributed by atoms with E-state index in [2.05, 4.69) is 31.3 Å². The van der Waals surface area contributed by atoms with Crippen molar-refractivity contribution in [3.8, 4) is 0 Å². The Balaban J connectivity index is 1.96. The van der Waals surface area contributed by atoms with Gasteiger partial charge in [0.05, 0.1) is 11.3 Å². The minimum absolute atomic E-state index is 0.0649. The Hall–Kier alpha value is -0.960. The van der Waals surface area contributed by atoms with Gasteiger partial charge in [0.1, 0.15) is 0 Å². The predicted octanol–water partition coefficient (Wildman–Crippen LogP) is 0.194. The molecular formula is C11H12BrN3O3S. The Labute approximate surface area is 119 Å². The van der Waals surface area contributed by atoms with Gasteiger partial charge in [-0.2, -0.15) is 0 Å². The van der Waals surface area contributed by atoms with Crippen molar-refractivity contribution >= 4 is 37.5 Å². The molecule has 0 atom stereocenters. The van der Waals surface area contributed by atoms with E-state index in [1.807, 2.05) is 0 Å². The Kier molecular flexibility index (Phi) is 3.12. The molecule has 1 saturated heterocycles. The molecule has 0 spiro atoms. The van der Waals surface area contributed by atoms with Gasteiger partial charge in [-0.1, -0.05) is 0 Å². The molecule has 1 aromatic rings. The monoisotopic (exact) mass is 345 g/mol. The Bertz CT molecular complexity index is 655. The molecule has 1 fully saturated rings. The first-order valence-electron chi connectivity index (χ1n) is 5.81. The number of amides is 1. The molecule has 0 saturated carbocycles. The lowest BCUT2D eigenvalue weighted by molar-refractivity contribution is -0.115. The molecule has 1 amide bonds. The van der Waals surface area contributed by atoms with E-state index in [1.54, 1.807) is 12.1 Å². The van der Waals surface area contributed by atoms with E-state index in [0.29, 0.717) is 28.8 Å². The third kappa shape index (κ3) is 2.40. The number of nitrogens with one attached hydrogen (secondary N) is 3. The Morgan fingerprint density at radius 3 is 2.68 bits per heavy atom. The predicted molar refractivity (Wildman–Crippen MR) is 73.5 cm³/mol. The molecule has 102 valence electrons. The highest BCUT2D eigenvalue weighted by atomic mass is 79.9. The molecule has 2 aliphatic rings. The maximum atomic E-state index is 12.3. The van der Waals surface area contributed by atoms with Gasteiger partial charge in [0, 0.05) is 29.3 Å². The van der Waals surface area contributed by atoms with Crippen LogP contribution in [0.15, 0.2) is 21.5 Å². The topological polar surface area (TPSA) is 87.3 Å². The number of halogens is 1. The highest BCUT2D eigenvalue weighted by Gasteiger charge is 2.28. The summed E-state index contributed by atoms with van der Waals surface area (Å²) in [5, 5.41) is 5.69. The first-order chi connectivity index (χ1) is 8.95. The third-order valence-corrected chi connectivity index (χ3v) is 5.65. The number of fused-ring (bicyclic) bond motifs is 1. The van der Waals surface area contributed by atoms with Crippen molar-refractivity contribution < 1.29 is 13.2 Å². The van der Waals surface area contributed by atoms with Crippen molar-refractivity contribution in [2.24, 2.45) is 0 Å². The van der Waals surface area contributed by atoms with Crippen molar-refractivity contribution in [1.82, 2.24) is 10.0 Å². The van der Waals surface area contributed by atoms with Crippen LogP contribution in [0, 0.1) is 0 Å². The zero-order valence-corrected chi connectivity index (χ0v) is 12.3. The molecule has 0 aliphatic carbocycles. The lowest BCUT2D eigenvalue weighted by Gasteiger charge is -2.27. The van der Waals surface area contributed by atoms with E-state index in [4.69, 9.17) is 0 Å². The van der Waals surface area contributed by atoms with Crippen LogP contribution in [0.5, 0.6) is 0 Å². The van der Waals surface area contributed by atoms with Crippen LogP contribution < -0.4 is 15.4 Å². The number of benzene rings is 1. The molecule has 0 bridgehead atoms. The smallest absolute Gasteiger partial charge is 0.242 e. The molecule has 0 radical (unpaired) electrons. The molecule has 1 aromatic carbocycles. The summed E-state index contributed by atoms with van der Waals surface area (Å²) in [5.74, 6) is -0.118. The summed E-state index contributed by atoms with van der Waals surface area (Å²) in [4.78, 5) is 11.5. The third-order valence-electron chi connectivity index (χ3n) is 3.18. The molecule has 3 N–H and O–H groups in total. The van der Waals surface area contributed by atoms with Crippen LogP contribution in [0.1, 0.15) is 5.56 Å². The van der Waals surface area contributed by atoms with Gasteiger partial charge in [-0.25, -0.2) is 13.1 Å². The van der Waals surface area contributed by atoms with Crippen LogP contribution in [-0.4, -0.2) is 33.5 Å². The minimum Gasteiger partial charge on any atom is -0.325 e. The minimum atomic E-state index is -3.57. The molecule has 19 heavy (non-hydrogen) atoms. The first-order valence-corrected chi connectivity index (χ1v) is 8.08. The van der Waals surface area contributed by atoms with E-state index in [-0.39, 0.29) is 23.3 Å². The summed E-state index contributed by atoms with van der Waals surface area (Å²) in [6, 6.07) is 3.12. The summed E-state index contributed by atoms with van der Waals surface area (Å²) >= 11 is 3.25. The second-order valence-electron chi connectivity index (χ2n) is 4.64. The molecule has 2 aliphatic heterocycles. The second kappa shape index (κ2) is 4.55. The van der Waals surface area contributed by atoms with Crippen LogP contribution in [-0.2, 0) is 21.2 Å². The van der Waals surface area contributed by atoms with Gasteiger partial charge in [-0.15, -0.1) is 0 Å². The van der Waals surface area contributed by atoms with Crippen molar-refractivity contribution in [3.63, 3.8) is 0 Å². The molecule has 6 nitrogen and oxygen atoms in total. The summed E-state index contributed by atoms with van der Waals surface area (Å²) < 4.78 is 27.6. The van der Waals surface area contributed by atoms with E-state index in [0.717, 1.165) is 0 Å². The van der Waals surface area contributed by atoms with Crippen molar-refractivity contribution in [1.29, 1.82) is 0 Å². The van der Waals surface area contributed by atoms with E-state index < -0.39 is 10.0 Å². The quantitative estimate of drug-likeness (QED) is 0.730. The van der Waals surface area contributed by atoms with Gasteiger partial charge in [0.2, 0.25) is 15.9 Å². The van der Waals surface area contributed by atoms with Crippen molar-refractivity contribution in [3.05, 3.63) is 22.2 Å². The largest absolute Gasteiger partial charge is 0.325 e. The fourth-order valence-corrected chi connectivity index (χ4v) is 4.41. The summed E-state index contributed by atoms with van der Waals surface area (Å²) in [7, 11) is -3.57. The Morgan fingerprint density at radius 1 is 1.32 bits per heavy atom. The van der Waals surface area contributed by atoms with Crippen LogP contribution in [0.3, 0.4) is 0 Å². The fraction of sp³-hybridized carbons (Fsp3) is 0.364. The average molecular weight is 346 g/mol. The van der Waals surface area contributed by atoms with Gasteiger partial charge >= 0.3 is 0 Å². The van der Waals surface area contributed by atoms with Crippen molar-refractivity contribution in [2.45, 2.75) is 17.4 Å². The number of carbonyl (C=O) groups excluding carboxylic acids is 1. The van der Waals surface area contributed by atoms with Gasteiger partial charge in [-0.3, -0.25) is 4.79 Å². The van der Waals surface area contributed by atoms with Crippen LogP contribution >= 0.6 is 15.9 Å². The lowest BCUT2D eigenvalue weighted by Crippen LogP contribution is -2.56. The first kappa shape index (κ1) is 13.0.